The number of aromatic amines is 1. The Kier molecular flexibility index (Phi) is 4.61. The summed E-state index contributed by atoms with van der Waals surface area (Å²) in [4.78, 5) is 18.0. The van der Waals surface area contributed by atoms with Crippen LogP contribution >= 0.6 is 0 Å². The van der Waals surface area contributed by atoms with Gasteiger partial charge in [-0.2, -0.15) is 0 Å². The summed E-state index contributed by atoms with van der Waals surface area (Å²) >= 11 is 0. The van der Waals surface area contributed by atoms with Crippen LogP contribution in [0.1, 0.15) is 46.3 Å². The van der Waals surface area contributed by atoms with Crippen molar-refractivity contribution in [3.05, 3.63) is 46.7 Å². The number of hydrogen-bond donors (Lipinski definition) is 1. The molecule has 0 aliphatic carbocycles. The Morgan fingerprint density at radius 3 is 2.64 bits per heavy atom. The van der Waals surface area contributed by atoms with Crippen molar-refractivity contribution in [2.24, 2.45) is 0 Å². The van der Waals surface area contributed by atoms with Gasteiger partial charge in [-0.1, -0.05) is 19.1 Å². The van der Waals surface area contributed by atoms with Crippen LogP contribution in [0.4, 0.5) is 0 Å². The average molecular weight is 339 g/mol. The van der Waals surface area contributed by atoms with Crippen molar-refractivity contribution in [2.75, 3.05) is 7.05 Å². The summed E-state index contributed by atoms with van der Waals surface area (Å²) in [5, 5.41) is 9.27. The quantitative estimate of drug-likeness (QED) is 0.775. The lowest BCUT2D eigenvalue weighted by atomic mass is 10.0. The fraction of sp³-hybridized carbons (Fsp3) is 0.421. The number of H-pyrrole nitrogens is 1. The van der Waals surface area contributed by atoms with Crippen LogP contribution in [0.15, 0.2) is 18.5 Å². The number of hydrogen-bond acceptors (Lipinski definition) is 3. The molecule has 2 aromatic heterocycles. The molecule has 1 aromatic carbocycles. The zero-order chi connectivity index (χ0) is 18.1. The lowest BCUT2D eigenvalue weighted by Crippen LogP contribution is -2.28. The summed E-state index contributed by atoms with van der Waals surface area (Å²) < 4.78 is 2.00. The van der Waals surface area contributed by atoms with Crippen molar-refractivity contribution >= 4 is 16.8 Å². The predicted molar refractivity (Wildman–Crippen MR) is 98.6 cm³/mol. The molecule has 0 bridgehead atoms. The van der Waals surface area contributed by atoms with E-state index in [1.165, 1.54) is 5.56 Å². The second-order valence-electron chi connectivity index (χ2n) is 6.68. The highest BCUT2D eigenvalue weighted by Crippen LogP contribution is 2.28. The molecule has 0 aliphatic heterocycles. The summed E-state index contributed by atoms with van der Waals surface area (Å²) in [6.07, 6.45) is 2.72. The maximum absolute atomic E-state index is 13.0. The predicted octanol–water partition coefficient (Wildman–Crippen LogP) is 3.37. The van der Waals surface area contributed by atoms with E-state index in [4.69, 9.17) is 0 Å². The van der Waals surface area contributed by atoms with E-state index in [1.54, 1.807) is 18.3 Å². The Morgan fingerprint density at radius 1 is 1.24 bits per heavy atom. The van der Waals surface area contributed by atoms with Crippen LogP contribution in [-0.4, -0.2) is 37.6 Å². The third kappa shape index (κ3) is 3.04. The number of nitrogens with one attached hydrogen (secondary N) is 1. The van der Waals surface area contributed by atoms with Gasteiger partial charge in [0.1, 0.15) is 12.0 Å². The number of nitrogens with zero attached hydrogens (tertiary/aromatic N) is 4. The first-order valence-corrected chi connectivity index (χ1v) is 8.64. The fourth-order valence-electron chi connectivity index (χ4n) is 3.32. The summed E-state index contributed by atoms with van der Waals surface area (Å²) in [6.45, 7) is 9.54. The van der Waals surface area contributed by atoms with E-state index < -0.39 is 0 Å². The first-order valence-electron chi connectivity index (χ1n) is 8.64. The highest BCUT2D eigenvalue weighted by molar-refractivity contribution is 6.02. The highest BCUT2D eigenvalue weighted by atomic mass is 16.2. The number of aromatic nitrogens is 4. The van der Waals surface area contributed by atoms with Crippen LogP contribution in [0.5, 0.6) is 0 Å². The maximum Gasteiger partial charge on any atom is 0.270 e. The Bertz CT molecular complexity index is 921. The van der Waals surface area contributed by atoms with Gasteiger partial charge in [-0.25, -0.2) is 0 Å². The molecule has 0 radical (unpaired) electrons. The van der Waals surface area contributed by atoms with Crippen LogP contribution in [0.25, 0.3) is 10.9 Å². The number of carbonyl (C=O) groups excluding carboxylic acids is 1. The SMILES string of the molecule is CCCn1cnnc1CN(C)C(=O)c1[nH]c2c(C)ccc(C)c2c1C. The monoisotopic (exact) mass is 339 g/mol. The van der Waals surface area contributed by atoms with Crippen LogP contribution < -0.4 is 0 Å². The van der Waals surface area contributed by atoms with Crippen LogP contribution in [-0.2, 0) is 13.1 Å². The first-order chi connectivity index (χ1) is 11.9. The fourth-order valence-corrected chi connectivity index (χ4v) is 3.32. The highest BCUT2D eigenvalue weighted by Gasteiger charge is 2.21. The average Bonchev–Trinajstić information content (AvgIpc) is 3.16. The third-order valence-electron chi connectivity index (χ3n) is 4.72. The summed E-state index contributed by atoms with van der Waals surface area (Å²) in [5.74, 6) is 0.775. The third-order valence-corrected chi connectivity index (χ3v) is 4.72. The van der Waals surface area contributed by atoms with Crippen molar-refractivity contribution in [1.29, 1.82) is 0 Å². The minimum absolute atomic E-state index is 0.0291. The van der Waals surface area contributed by atoms with E-state index in [9.17, 15) is 4.79 Å². The molecule has 0 spiro atoms. The maximum atomic E-state index is 13.0. The lowest BCUT2D eigenvalue weighted by Gasteiger charge is -2.17. The summed E-state index contributed by atoms with van der Waals surface area (Å²) in [5.41, 5.74) is 5.02. The molecule has 3 aromatic rings. The molecule has 2 heterocycles. The summed E-state index contributed by atoms with van der Waals surface area (Å²) in [7, 11) is 1.80. The van der Waals surface area contributed by atoms with Gasteiger partial charge in [0.15, 0.2) is 5.82 Å². The normalized spacial score (nSPS) is 11.2. The van der Waals surface area contributed by atoms with Crippen molar-refractivity contribution in [2.45, 2.75) is 47.2 Å². The molecule has 25 heavy (non-hydrogen) atoms. The largest absolute Gasteiger partial charge is 0.350 e. The number of rotatable bonds is 5. The molecule has 0 fully saturated rings. The van der Waals surface area contributed by atoms with E-state index in [0.29, 0.717) is 12.2 Å². The van der Waals surface area contributed by atoms with Gasteiger partial charge in [-0.05, 0) is 43.9 Å². The van der Waals surface area contributed by atoms with Gasteiger partial charge in [0.25, 0.3) is 5.91 Å². The molecule has 3 rings (SSSR count). The van der Waals surface area contributed by atoms with Gasteiger partial charge in [0.05, 0.1) is 6.54 Å². The Labute approximate surface area is 147 Å². The lowest BCUT2D eigenvalue weighted by molar-refractivity contribution is 0.0774. The minimum atomic E-state index is -0.0291. The van der Waals surface area contributed by atoms with Crippen molar-refractivity contribution in [3.63, 3.8) is 0 Å². The van der Waals surface area contributed by atoms with Gasteiger partial charge < -0.3 is 14.5 Å². The number of benzene rings is 1. The van der Waals surface area contributed by atoms with E-state index in [0.717, 1.165) is 40.8 Å². The molecule has 1 N–H and O–H groups in total. The zero-order valence-corrected chi connectivity index (χ0v) is 15.6. The number of amides is 1. The van der Waals surface area contributed by atoms with Crippen molar-refractivity contribution in [1.82, 2.24) is 24.6 Å². The van der Waals surface area contributed by atoms with Crippen molar-refractivity contribution in [3.8, 4) is 0 Å². The molecule has 0 aliphatic rings. The molecular formula is C19H25N5O. The molecule has 0 saturated heterocycles. The van der Waals surface area contributed by atoms with E-state index in [-0.39, 0.29) is 5.91 Å². The van der Waals surface area contributed by atoms with E-state index in [1.807, 2.05) is 11.5 Å². The van der Waals surface area contributed by atoms with Crippen LogP contribution in [0, 0.1) is 20.8 Å². The molecule has 0 atom stereocenters. The number of fused-ring (bicyclic) bond motifs is 1. The van der Waals surface area contributed by atoms with Gasteiger partial charge in [-0.15, -0.1) is 10.2 Å². The van der Waals surface area contributed by atoms with Gasteiger partial charge in [-0.3, -0.25) is 4.79 Å². The standard InChI is InChI=1S/C19H25N5O/c1-6-9-24-11-20-22-15(24)10-23(5)19(25)18-14(4)16-12(2)7-8-13(3)17(16)21-18/h7-8,11,21H,6,9-10H2,1-5H3. The van der Waals surface area contributed by atoms with Gasteiger partial charge in [0, 0.05) is 24.5 Å². The minimum Gasteiger partial charge on any atom is -0.350 e. The number of carbonyl (C=O) groups is 1. The zero-order valence-electron chi connectivity index (χ0n) is 15.6. The smallest absolute Gasteiger partial charge is 0.270 e. The molecule has 132 valence electrons. The Balaban J connectivity index is 1.91. The summed E-state index contributed by atoms with van der Waals surface area (Å²) in [6, 6.07) is 4.18. The van der Waals surface area contributed by atoms with E-state index >= 15 is 0 Å². The Morgan fingerprint density at radius 2 is 1.96 bits per heavy atom. The van der Waals surface area contributed by atoms with Crippen LogP contribution in [0.3, 0.4) is 0 Å². The molecule has 1 amide bonds. The second kappa shape index (κ2) is 6.70. The molecular weight excluding hydrogens is 314 g/mol. The molecule has 6 heteroatoms. The molecule has 6 nitrogen and oxygen atoms in total. The second-order valence-corrected chi connectivity index (χ2v) is 6.68. The van der Waals surface area contributed by atoms with Crippen molar-refractivity contribution < 1.29 is 4.79 Å². The number of aryl methyl sites for hydroxylation is 4. The molecule has 0 unspecified atom stereocenters. The van der Waals surface area contributed by atoms with Gasteiger partial charge >= 0.3 is 0 Å². The van der Waals surface area contributed by atoms with Gasteiger partial charge in [0.2, 0.25) is 0 Å². The topological polar surface area (TPSA) is 66.8 Å². The molecule has 0 saturated carbocycles. The first kappa shape index (κ1) is 17.2. The van der Waals surface area contributed by atoms with E-state index in [2.05, 4.69) is 48.1 Å². The Hall–Kier alpha value is -2.63. The van der Waals surface area contributed by atoms with Crippen LogP contribution in [0.2, 0.25) is 0 Å².